The smallest absolute Gasteiger partial charge is 0.308 e. The van der Waals surface area contributed by atoms with Crippen LogP contribution < -0.4 is 0 Å². The summed E-state index contributed by atoms with van der Waals surface area (Å²) in [6, 6.07) is 0. The fourth-order valence-electron chi connectivity index (χ4n) is 7.90. The number of methoxy groups -OCH3 is 3. The van der Waals surface area contributed by atoms with Crippen LogP contribution in [0.15, 0.2) is 23.3 Å². The van der Waals surface area contributed by atoms with Crippen molar-refractivity contribution >= 4 is 5.97 Å². The van der Waals surface area contributed by atoms with E-state index in [4.69, 9.17) is 23.7 Å². The average molecular weight is 463 g/mol. The number of rotatable bonds is 8. The second-order valence-corrected chi connectivity index (χ2v) is 11.0. The number of ether oxygens (including phenoxy) is 5. The van der Waals surface area contributed by atoms with Crippen molar-refractivity contribution < 1.29 is 28.5 Å². The van der Waals surface area contributed by atoms with Crippen molar-refractivity contribution in [3.8, 4) is 0 Å². The molecule has 33 heavy (non-hydrogen) atoms. The maximum absolute atomic E-state index is 12.4. The second-order valence-electron chi connectivity index (χ2n) is 11.0. The Labute approximate surface area is 199 Å². The van der Waals surface area contributed by atoms with Crippen LogP contribution in [-0.4, -0.2) is 53.1 Å². The monoisotopic (exact) mass is 462 g/mol. The molecule has 0 heterocycles. The lowest BCUT2D eigenvalue weighted by Gasteiger charge is -2.57. The molecule has 6 nitrogen and oxygen atoms in total. The minimum atomic E-state index is -0.0711. The summed E-state index contributed by atoms with van der Waals surface area (Å²) in [5, 5.41) is 0. The molecule has 0 aromatic carbocycles. The van der Waals surface area contributed by atoms with Gasteiger partial charge in [0.1, 0.15) is 13.6 Å². The molecule has 0 radical (unpaired) electrons. The van der Waals surface area contributed by atoms with E-state index in [1.807, 2.05) is 0 Å². The zero-order valence-corrected chi connectivity index (χ0v) is 21.2. The standard InChI is InChI=1S/C27H42O6/c1-17(25(28)31-6)21-9-10-22-20-8-7-18-13-19(32-15-29-4)14-24(33-16-30-5)27(18,3)23(20)11-12-26(21,22)2/h7-8,17,19,21-24H,9-16H2,1-6H3/t17?,19-,21-,22+,23+,24+,26-,27+/m1/s1. The number of hydrogen-bond donors (Lipinski definition) is 0. The molecule has 0 aliphatic heterocycles. The van der Waals surface area contributed by atoms with Crippen molar-refractivity contribution in [3.05, 3.63) is 23.3 Å². The van der Waals surface area contributed by atoms with Crippen LogP contribution >= 0.6 is 0 Å². The summed E-state index contributed by atoms with van der Waals surface area (Å²) >= 11 is 0. The highest BCUT2D eigenvalue weighted by molar-refractivity contribution is 5.72. The Morgan fingerprint density at radius 1 is 1.03 bits per heavy atom. The van der Waals surface area contributed by atoms with Gasteiger partial charge < -0.3 is 23.7 Å². The fourth-order valence-corrected chi connectivity index (χ4v) is 7.90. The summed E-state index contributed by atoms with van der Waals surface area (Å²) in [6.07, 6.45) is 11.1. The quantitative estimate of drug-likeness (QED) is 0.378. The molecular formula is C27H42O6. The van der Waals surface area contributed by atoms with Gasteiger partial charge in [-0.15, -0.1) is 0 Å². The first-order valence-corrected chi connectivity index (χ1v) is 12.5. The minimum Gasteiger partial charge on any atom is -0.469 e. The van der Waals surface area contributed by atoms with Crippen LogP contribution in [0.5, 0.6) is 0 Å². The molecule has 6 heteroatoms. The lowest BCUT2D eigenvalue weighted by atomic mass is 9.49. The van der Waals surface area contributed by atoms with Gasteiger partial charge in [-0.1, -0.05) is 44.1 Å². The Hall–Kier alpha value is -1.21. The van der Waals surface area contributed by atoms with Crippen LogP contribution in [0.1, 0.15) is 59.3 Å². The zero-order chi connectivity index (χ0) is 23.8. The molecule has 186 valence electrons. The van der Waals surface area contributed by atoms with Crippen molar-refractivity contribution in [2.45, 2.75) is 71.5 Å². The average Bonchev–Trinajstić information content (AvgIpc) is 3.17. The fraction of sp³-hybridized carbons (Fsp3) is 0.815. The lowest BCUT2D eigenvalue weighted by molar-refractivity contribution is -0.164. The highest BCUT2D eigenvalue weighted by Crippen LogP contribution is 2.66. The Morgan fingerprint density at radius 3 is 2.45 bits per heavy atom. The number of fused-ring (bicyclic) bond motifs is 5. The molecule has 0 aromatic rings. The predicted molar refractivity (Wildman–Crippen MR) is 125 cm³/mol. The van der Waals surface area contributed by atoms with Gasteiger partial charge in [-0.25, -0.2) is 0 Å². The molecule has 0 N–H and O–H groups in total. The summed E-state index contributed by atoms with van der Waals surface area (Å²) in [5.74, 6) is 1.20. The highest BCUT2D eigenvalue weighted by atomic mass is 16.7. The third-order valence-electron chi connectivity index (χ3n) is 9.66. The Morgan fingerprint density at radius 2 is 1.76 bits per heavy atom. The van der Waals surface area contributed by atoms with Crippen molar-refractivity contribution in [3.63, 3.8) is 0 Å². The molecule has 4 rings (SSSR count). The van der Waals surface area contributed by atoms with Crippen LogP contribution in [-0.2, 0) is 28.5 Å². The molecule has 4 aliphatic carbocycles. The highest BCUT2D eigenvalue weighted by Gasteiger charge is 2.60. The molecule has 4 aliphatic rings. The van der Waals surface area contributed by atoms with E-state index in [0.29, 0.717) is 24.5 Å². The van der Waals surface area contributed by atoms with E-state index in [2.05, 4.69) is 32.9 Å². The SMILES string of the molecule is COCO[C@@H]1CC2=CC=C3[C@@H]4CC[C@H](C(C)C(=O)OC)[C@@]4(C)CC[C@@H]3[C@@]2(C)[C@@H](OCOC)C1. The zero-order valence-electron chi connectivity index (χ0n) is 21.2. The van der Waals surface area contributed by atoms with E-state index >= 15 is 0 Å². The summed E-state index contributed by atoms with van der Waals surface area (Å²) in [6.45, 7) is 7.46. The lowest BCUT2D eigenvalue weighted by Crippen LogP contribution is -2.54. The number of carbonyl (C=O) groups is 1. The van der Waals surface area contributed by atoms with Gasteiger partial charge in [0, 0.05) is 26.1 Å². The van der Waals surface area contributed by atoms with Crippen LogP contribution in [0, 0.1) is 34.5 Å². The van der Waals surface area contributed by atoms with E-state index in [0.717, 1.165) is 38.5 Å². The van der Waals surface area contributed by atoms with E-state index in [9.17, 15) is 4.79 Å². The van der Waals surface area contributed by atoms with Gasteiger partial charge >= 0.3 is 5.97 Å². The van der Waals surface area contributed by atoms with E-state index in [1.54, 1.807) is 19.8 Å². The van der Waals surface area contributed by atoms with Gasteiger partial charge in [0.2, 0.25) is 0 Å². The van der Waals surface area contributed by atoms with Crippen molar-refractivity contribution in [2.75, 3.05) is 34.9 Å². The van der Waals surface area contributed by atoms with Gasteiger partial charge in [-0.05, 0) is 55.3 Å². The molecule has 8 atom stereocenters. The van der Waals surface area contributed by atoms with Crippen molar-refractivity contribution in [1.29, 1.82) is 0 Å². The Bertz CT molecular complexity index is 789. The minimum absolute atomic E-state index is 0.0311. The van der Waals surface area contributed by atoms with E-state index in [-0.39, 0.29) is 41.7 Å². The van der Waals surface area contributed by atoms with E-state index in [1.165, 1.54) is 12.7 Å². The first-order valence-electron chi connectivity index (χ1n) is 12.5. The first kappa shape index (κ1) is 24.9. The molecule has 0 saturated heterocycles. The van der Waals surface area contributed by atoms with Gasteiger partial charge in [-0.2, -0.15) is 0 Å². The van der Waals surface area contributed by atoms with Crippen LogP contribution in [0.4, 0.5) is 0 Å². The van der Waals surface area contributed by atoms with Crippen molar-refractivity contribution in [2.24, 2.45) is 34.5 Å². The molecule has 0 bridgehead atoms. The van der Waals surface area contributed by atoms with Gasteiger partial charge in [0.05, 0.1) is 25.2 Å². The van der Waals surface area contributed by atoms with Crippen molar-refractivity contribution in [1.82, 2.24) is 0 Å². The molecule has 0 amide bonds. The molecule has 3 fully saturated rings. The molecule has 1 unspecified atom stereocenters. The Kier molecular flexibility index (Phi) is 7.40. The van der Waals surface area contributed by atoms with Crippen LogP contribution in [0.25, 0.3) is 0 Å². The predicted octanol–water partition coefficient (Wildman–Crippen LogP) is 4.88. The third kappa shape index (κ3) is 4.11. The first-order chi connectivity index (χ1) is 15.8. The molecule has 0 spiro atoms. The largest absolute Gasteiger partial charge is 0.469 e. The van der Waals surface area contributed by atoms with Crippen LogP contribution in [0.2, 0.25) is 0 Å². The van der Waals surface area contributed by atoms with E-state index < -0.39 is 0 Å². The van der Waals surface area contributed by atoms with Gasteiger partial charge in [-0.3, -0.25) is 4.79 Å². The number of esters is 1. The summed E-state index contributed by atoms with van der Waals surface area (Å²) < 4.78 is 27.9. The van der Waals surface area contributed by atoms with Gasteiger partial charge in [0.15, 0.2) is 0 Å². The summed E-state index contributed by atoms with van der Waals surface area (Å²) in [4.78, 5) is 12.4. The number of allylic oxidation sites excluding steroid dienone is 3. The summed E-state index contributed by atoms with van der Waals surface area (Å²) in [7, 11) is 4.85. The topological polar surface area (TPSA) is 63.2 Å². The number of carbonyl (C=O) groups excluding carboxylic acids is 1. The summed E-state index contributed by atoms with van der Waals surface area (Å²) in [5.41, 5.74) is 3.06. The molecule has 3 saturated carbocycles. The molecule has 0 aromatic heterocycles. The van der Waals surface area contributed by atoms with Crippen LogP contribution in [0.3, 0.4) is 0 Å². The Balaban J connectivity index is 1.64. The molecular weight excluding hydrogens is 420 g/mol. The normalized spacial score (nSPS) is 40.7. The number of hydrogen-bond acceptors (Lipinski definition) is 6. The maximum atomic E-state index is 12.4. The second kappa shape index (κ2) is 9.80. The van der Waals surface area contributed by atoms with Gasteiger partial charge in [0.25, 0.3) is 0 Å². The third-order valence-corrected chi connectivity index (χ3v) is 9.66. The maximum Gasteiger partial charge on any atom is 0.308 e.